The molecule has 1 aromatic heterocycles. The highest BCUT2D eigenvalue weighted by atomic mass is 35.5. The summed E-state index contributed by atoms with van der Waals surface area (Å²) < 4.78 is 4.51. The van der Waals surface area contributed by atoms with Crippen LogP contribution in [0.2, 0.25) is 0 Å². The fraction of sp³-hybridized carbons (Fsp3) is 0.100. The molecule has 0 saturated carbocycles. The van der Waals surface area contributed by atoms with Crippen LogP contribution in [-0.4, -0.2) is 5.16 Å². The van der Waals surface area contributed by atoms with Gasteiger partial charge in [0, 0.05) is 5.56 Å². The van der Waals surface area contributed by atoms with Crippen LogP contribution in [0.1, 0.15) is 11.3 Å². The Labute approximate surface area is 86.0 Å². The zero-order valence-electron chi connectivity index (χ0n) is 7.24. The largest absolute Gasteiger partial charge is 0.544 e. The molecule has 0 unspecified atom stereocenters. The maximum absolute atomic E-state index is 11.2. The van der Waals surface area contributed by atoms with Crippen molar-refractivity contribution >= 4 is 17.7 Å². The van der Waals surface area contributed by atoms with E-state index in [9.17, 15) is 5.11 Å². The highest BCUT2D eigenvalue weighted by Gasteiger charge is 2.05. The molecule has 0 spiro atoms. The lowest BCUT2D eigenvalue weighted by molar-refractivity contribution is -0.297. The van der Waals surface area contributed by atoms with Gasteiger partial charge in [-0.25, -0.2) is 0 Å². The molecule has 0 atom stereocenters. The van der Waals surface area contributed by atoms with Crippen LogP contribution >= 0.6 is 11.6 Å². The first-order chi connectivity index (χ1) is 6.81. The predicted octanol–water partition coefficient (Wildman–Crippen LogP) is 2.00. The molecule has 1 heterocycles. The van der Waals surface area contributed by atoms with E-state index in [1.165, 1.54) is 0 Å². The Kier molecular flexibility index (Phi) is 2.41. The smallest absolute Gasteiger partial charge is 0.0844 e. The van der Waals surface area contributed by atoms with E-state index in [1.807, 2.05) is 24.3 Å². The number of halogens is 1. The van der Waals surface area contributed by atoms with E-state index in [-0.39, 0.29) is 5.88 Å². The first-order valence-electron chi connectivity index (χ1n) is 4.09. The Balaban J connectivity index is 2.40. The second kappa shape index (κ2) is 3.72. The summed E-state index contributed by atoms with van der Waals surface area (Å²) in [6.07, 6.45) is 9.29. The SMILES string of the molecule is [O-]c1onc(CCl)c1C=C1C=CC=C1. The Morgan fingerprint density at radius 2 is 2.14 bits per heavy atom. The summed E-state index contributed by atoms with van der Waals surface area (Å²) in [6, 6.07) is 0. The minimum atomic E-state index is -0.443. The fourth-order valence-corrected chi connectivity index (χ4v) is 1.40. The molecule has 0 aliphatic heterocycles. The van der Waals surface area contributed by atoms with Gasteiger partial charge in [-0.05, 0) is 11.6 Å². The molecule has 3 nitrogen and oxygen atoms in total. The average Bonchev–Trinajstić information content (AvgIpc) is 2.79. The number of rotatable bonds is 2. The number of nitrogens with zero attached hydrogens (tertiary/aromatic N) is 1. The zero-order valence-corrected chi connectivity index (χ0v) is 7.99. The molecule has 1 aliphatic rings. The van der Waals surface area contributed by atoms with E-state index < -0.39 is 5.95 Å². The molecule has 0 fully saturated rings. The third-order valence-corrected chi connectivity index (χ3v) is 2.15. The third kappa shape index (κ3) is 1.59. The summed E-state index contributed by atoms with van der Waals surface area (Å²) >= 11 is 5.60. The lowest BCUT2D eigenvalue weighted by Gasteiger charge is -1.97. The second-order valence-corrected chi connectivity index (χ2v) is 3.09. The highest BCUT2D eigenvalue weighted by molar-refractivity contribution is 6.17. The number of hydrogen-bond donors (Lipinski definition) is 0. The Morgan fingerprint density at radius 3 is 2.79 bits per heavy atom. The number of alkyl halides is 1. The number of hydrogen-bond acceptors (Lipinski definition) is 3. The van der Waals surface area contributed by atoms with Crippen LogP contribution in [0.25, 0.3) is 6.08 Å². The van der Waals surface area contributed by atoms with Gasteiger partial charge in [0.2, 0.25) is 0 Å². The molecule has 0 amide bonds. The lowest BCUT2D eigenvalue weighted by Crippen LogP contribution is -1.90. The van der Waals surface area contributed by atoms with Crippen molar-refractivity contribution in [3.8, 4) is 5.95 Å². The molecule has 14 heavy (non-hydrogen) atoms. The second-order valence-electron chi connectivity index (χ2n) is 2.83. The Morgan fingerprint density at radius 1 is 1.43 bits per heavy atom. The van der Waals surface area contributed by atoms with Crippen molar-refractivity contribution in [2.45, 2.75) is 5.88 Å². The monoisotopic (exact) mass is 208 g/mol. The average molecular weight is 209 g/mol. The van der Waals surface area contributed by atoms with Gasteiger partial charge < -0.3 is 9.63 Å². The van der Waals surface area contributed by atoms with Crippen LogP contribution in [0.3, 0.4) is 0 Å². The maximum atomic E-state index is 11.2. The number of aromatic nitrogens is 1. The van der Waals surface area contributed by atoms with Crippen molar-refractivity contribution in [3.05, 3.63) is 41.1 Å². The third-order valence-electron chi connectivity index (χ3n) is 1.90. The van der Waals surface area contributed by atoms with Crippen LogP contribution in [0.15, 0.2) is 34.4 Å². The van der Waals surface area contributed by atoms with Crippen molar-refractivity contribution in [3.63, 3.8) is 0 Å². The Hall–Kier alpha value is -1.48. The maximum Gasteiger partial charge on any atom is 0.0844 e. The van der Waals surface area contributed by atoms with Crippen molar-refractivity contribution in [1.29, 1.82) is 0 Å². The first kappa shape index (κ1) is 9.09. The molecule has 0 saturated heterocycles. The summed E-state index contributed by atoms with van der Waals surface area (Å²) in [5.41, 5.74) is 1.86. The van der Waals surface area contributed by atoms with Gasteiger partial charge in [-0.2, -0.15) is 5.16 Å². The fourth-order valence-electron chi connectivity index (χ4n) is 1.20. The molecule has 72 valence electrons. The minimum Gasteiger partial charge on any atom is -0.544 e. The molecular weight excluding hydrogens is 202 g/mol. The van der Waals surface area contributed by atoms with Crippen LogP contribution in [0.4, 0.5) is 0 Å². The van der Waals surface area contributed by atoms with Gasteiger partial charge >= 0.3 is 0 Å². The molecule has 0 radical (unpaired) electrons. The molecule has 0 N–H and O–H groups in total. The molecule has 4 heteroatoms. The van der Waals surface area contributed by atoms with Crippen molar-refractivity contribution < 1.29 is 9.63 Å². The van der Waals surface area contributed by atoms with Gasteiger partial charge in [-0.15, -0.1) is 11.6 Å². The molecule has 1 aliphatic carbocycles. The van der Waals surface area contributed by atoms with E-state index >= 15 is 0 Å². The highest BCUT2D eigenvalue weighted by Crippen LogP contribution is 2.24. The quantitative estimate of drug-likeness (QED) is 0.699. The van der Waals surface area contributed by atoms with E-state index in [2.05, 4.69) is 9.68 Å². The first-order valence-corrected chi connectivity index (χ1v) is 4.62. The van der Waals surface area contributed by atoms with E-state index in [0.717, 1.165) is 5.57 Å². The zero-order chi connectivity index (χ0) is 9.97. The van der Waals surface area contributed by atoms with Crippen molar-refractivity contribution in [2.24, 2.45) is 0 Å². The molecule has 0 aromatic carbocycles. The van der Waals surface area contributed by atoms with Gasteiger partial charge in [-0.1, -0.05) is 24.3 Å². The number of allylic oxidation sites excluding steroid dienone is 5. The van der Waals surface area contributed by atoms with Gasteiger partial charge in [0.15, 0.2) is 0 Å². The van der Waals surface area contributed by atoms with Gasteiger partial charge in [0.1, 0.15) is 0 Å². The van der Waals surface area contributed by atoms with Gasteiger partial charge in [0.25, 0.3) is 0 Å². The predicted molar refractivity (Wildman–Crippen MR) is 51.8 cm³/mol. The standard InChI is InChI=1S/C10H8ClNO2/c11-6-9-8(10(13)14-12-9)5-7-3-1-2-4-7/h1-5,13H,6H2/p-1. The summed E-state index contributed by atoms with van der Waals surface area (Å²) in [5.74, 6) is -0.264. The van der Waals surface area contributed by atoms with Gasteiger partial charge in [0.05, 0.1) is 17.5 Å². The summed E-state index contributed by atoms with van der Waals surface area (Å²) in [5, 5.41) is 14.8. The minimum absolute atomic E-state index is 0.179. The summed E-state index contributed by atoms with van der Waals surface area (Å²) in [4.78, 5) is 0. The molecule has 1 aromatic rings. The van der Waals surface area contributed by atoms with Crippen LogP contribution in [0.5, 0.6) is 5.95 Å². The van der Waals surface area contributed by atoms with Crippen molar-refractivity contribution in [2.75, 3.05) is 0 Å². The topological polar surface area (TPSA) is 49.1 Å². The molecule has 2 rings (SSSR count). The van der Waals surface area contributed by atoms with E-state index in [1.54, 1.807) is 6.08 Å². The van der Waals surface area contributed by atoms with Crippen LogP contribution in [0, 0.1) is 0 Å². The van der Waals surface area contributed by atoms with E-state index in [4.69, 9.17) is 11.6 Å². The Bertz CT molecular complexity index is 415. The lowest BCUT2D eigenvalue weighted by atomic mass is 10.1. The van der Waals surface area contributed by atoms with Crippen molar-refractivity contribution in [1.82, 2.24) is 5.16 Å². The van der Waals surface area contributed by atoms with Crippen LogP contribution in [-0.2, 0) is 5.88 Å². The van der Waals surface area contributed by atoms with E-state index in [0.29, 0.717) is 11.3 Å². The summed E-state index contributed by atoms with van der Waals surface area (Å²) in [7, 11) is 0. The molecular formula is C10H7ClNO2-. The summed E-state index contributed by atoms with van der Waals surface area (Å²) in [6.45, 7) is 0. The van der Waals surface area contributed by atoms with Crippen LogP contribution < -0.4 is 5.11 Å². The molecule has 0 bridgehead atoms. The normalized spacial score (nSPS) is 13.9. The van der Waals surface area contributed by atoms with Gasteiger partial charge in [-0.3, -0.25) is 0 Å².